The van der Waals surface area contributed by atoms with Gasteiger partial charge in [-0.25, -0.2) is 4.79 Å². The van der Waals surface area contributed by atoms with Crippen LogP contribution in [0.4, 0.5) is 0 Å². The van der Waals surface area contributed by atoms with E-state index in [1.807, 2.05) is 51.1 Å². The van der Waals surface area contributed by atoms with Crippen molar-refractivity contribution in [2.24, 2.45) is 0 Å². The second kappa shape index (κ2) is 6.85. The van der Waals surface area contributed by atoms with Crippen LogP contribution in [0.2, 0.25) is 0 Å². The highest BCUT2D eigenvalue weighted by molar-refractivity contribution is 5.91. The van der Waals surface area contributed by atoms with Crippen LogP contribution in [0.5, 0.6) is 5.75 Å². The SMILES string of the molecule is Cc1ccc(-c2oc3cc(C)cc(C)c3c(=O)c2OC(=O)c2ccco2)cc1. The van der Waals surface area contributed by atoms with E-state index in [1.165, 1.54) is 12.3 Å². The zero-order valence-corrected chi connectivity index (χ0v) is 15.7. The van der Waals surface area contributed by atoms with E-state index in [1.54, 1.807) is 12.1 Å². The molecule has 0 unspecified atom stereocenters. The first-order chi connectivity index (χ1) is 13.4. The number of furan rings is 1. The Labute approximate surface area is 161 Å². The molecule has 0 atom stereocenters. The monoisotopic (exact) mass is 374 g/mol. The molecule has 0 bridgehead atoms. The molecular weight excluding hydrogens is 356 g/mol. The van der Waals surface area contributed by atoms with Gasteiger partial charge in [-0.15, -0.1) is 0 Å². The molecule has 0 amide bonds. The summed E-state index contributed by atoms with van der Waals surface area (Å²) in [7, 11) is 0. The third-order valence-electron chi connectivity index (χ3n) is 4.53. The van der Waals surface area contributed by atoms with Crippen LogP contribution in [0.1, 0.15) is 27.2 Å². The lowest BCUT2D eigenvalue weighted by Crippen LogP contribution is -2.16. The maximum atomic E-state index is 13.3. The first-order valence-electron chi connectivity index (χ1n) is 8.85. The van der Waals surface area contributed by atoms with Crippen LogP contribution >= 0.6 is 0 Å². The molecule has 0 spiro atoms. The van der Waals surface area contributed by atoms with Gasteiger partial charge in [-0.3, -0.25) is 4.79 Å². The van der Waals surface area contributed by atoms with Crippen LogP contribution in [0.25, 0.3) is 22.3 Å². The smallest absolute Gasteiger partial charge is 0.379 e. The van der Waals surface area contributed by atoms with E-state index in [-0.39, 0.29) is 17.3 Å². The van der Waals surface area contributed by atoms with Gasteiger partial charge >= 0.3 is 5.97 Å². The van der Waals surface area contributed by atoms with Gasteiger partial charge in [0.25, 0.3) is 0 Å². The molecule has 0 saturated heterocycles. The summed E-state index contributed by atoms with van der Waals surface area (Å²) in [6, 6.07) is 14.2. The van der Waals surface area contributed by atoms with Crippen LogP contribution in [-0.4, -0.2) is 5.97 Å². The molecule has 140 valence electrons. The highest BCUT2D eigenvalue weighted by Crippen LogP contribution is 2.33. The maximum absolute atomic E-state index is 13.3. The summed E-state index contributed by atoms with van der Waals surface area (Å²) in [6.45, 7) is 5.73. The Morgan fingerprint density at radius 2 is 1.71 bits per heavy atom. The van der Waals surface area contributed by atoms with E-state index < -0.39 is 11.4 Å². The van der Waals surface area contributed by atoms with Crippen molar-refractivity contribution in [3.8, 4) is 17.1 Å². The van der Waals surface area contributed by atoms with Gasteiger partial charge in [0.15, 0.2) is 5.76 Å². The molecule has 2 aromatic heterocycles. The van der Waals surface area contributed by atoms with Crippen molar-refractivity contribution in [2.75, 3.05) is 0 Å². The molecule has 28 heavy (non-hydrogen) atoms. The average molecular weight is 374 g/mol. The van der Waals surface area contributed by atoms with Crippen molar-refractivity contribution in [3.05, 3.63) is 87.5 Å². The predicted molar refractivity (Wildman–Crippen MR) is 106 cm³/mol. The molecule has 2 aromatic carbocycles. The lowest BCUT2D eigenvalue weighted by atomic mass is 10.0. The second-order valence-corrected chi connectivity index (χ2v) is 6.78. The van der Waals surface area contributed by atoms with Crippen molar-refractivity contribution in [1.82, 2.24) is 0 Å². The molecule has 0 aliphatic rings. The molecule has 0 aliphatic heterocycles. The van der Waals surface area contributed by atoms with Gasteiger partial charge in [0.1, 0.15) is 5.58 Å². The molecule has 4 aromatic rings. The van der Waals surface area contributed by atoms with Crippen LogP contribution in [0.3, 0.4) is 0 Å². The fourth-order valence-corrected chi connectivity index (χ4v) is 3.20. The highest BCUT2D eigenvalue weighted by atomic mass is 16.6. The number of aryl methyl sites for hydroxylation is 3. The molecule has 0 aliphatic carbocycles. The number of carbonyl (C=O) groups excluding carboxylic acids is 1. The van der Waals surface area contributed by atoms with Crippen LogP contribution in [-0.2, 0) is 0 Å². The summed E-state index contributed by atoms with van der Waals surface area (Å²) in [5.74, 6) is -0.683. The first kappa shape index (κ1) is 17.8. The molecule has 4 rings (SSSR count). The maximum Gasteiger partial charge on any atom is 0.379 e. The number of ether oxygens (including phenoxy) is 1. The molecule has 5 nitrogen and oxygen atoms in total. The van der Waals surface area contributed by atoms with Gasteiger partial charge in [-0.05, 0) is 50.1 Å². The van der Waals surface area contributed by atoms with Gasteiger partial charge in [-0.2, -0.15) is 0 Å². The average Bonchev–Trinajstić information content (AvgIpc) is 3.18. The number of fused-ring (bicyclic) bond motifs is 1. The Morgan fingerprint density at radius 1 is 0.964 bits per heavy atom. The summed E-state index contributed by atoms with van der Waals surface area (Å²) in [4.78, 5) is 25.7. The van der Waals surface area contributed by atoms with E-state index in [9.17, 15) is 9.59 Å². The minimum absolute atomic E-state index is 0.00924. The number of hydrogen-bond donors (Lipinski definition) is 0. The van der Waals surface area contributed by atoms with Crippen molar-refractivity contribution in [1.29, 1.82) is 0 Å². The van der Waals surface area contributed by atoms with Crippen LogP contribution in [0, 0.1) is 20.8 Å². The summed E-state index contributed by atoms with van der Waals surface area (Å²) < 4.78 is 16.6. The molecule has 0 saturated carbocycles. The summed E-state index contributed by atoms with van der Waals surface area (Å²) >= 11 is 0. The second-order valence-electron chi connectivity index (χ2n) is 6.78. The Bertz CT molecular complexity index is 1230. The largest absolute Gasteiger partial charge is 0.457 e. The summed E-state index contributed by atoms with van der Waals surface area (Å²) in [5, 5.41) is 0.392. The van der Waals surface area contributed by atoms with Crippen molar-refractivity contribution >= 4 is 16.9 Å². The Morgan fingerprint density at radius 3 is 2.39 bits per heavy atom. The minimum Gasteiger partial charge on any atom is -0.457 e. The summed E-state index contributed by atoms with van der Waals surface area (Å²) in [5.41, 5.74) is 3.50. The minimum atomic E-state index is -0.755. The lowest BCUT2D eigenvalue weighted by Gasteiger charge is -2.12. The molecule has 5 heteroatoms. The molecule has 2 heterocycles. The van der Waals surface area contributed by atoms with Crippen molar-refractivity contribution in [3.63, 3.8) is 0 Å². The number of rotatable bonds is 3. The number of esters is 1. The topological polar surface area (TPSA) is 69.7 Å². The standard InChI is InChI=1S/C23H18O5/c1-13-6-8-16(9-7-13)21-22(28-23(25)17-5-4-10-26-17)20(24)19-15(3)11-14(2)12-18(19)27-21/h4-12H,1-3H3. The van der Waals surface area contributed by atoms with Crippen LogP contribution < -0.4 is 10.2 Å². The molecular formula is C23H18O5. The first-order valence-corrected chi connectivity index (χ1v) is 8.85. The van der Waals surface area contributed by atoms with E-state index in [0.29, 0.717) is 16.5 Å². The third-order valence-corrected chi connectivity index (χ3v) is 4.53. The fourth-order valence-electron chi connectivity index (χ4n) is 3.20. The molecule has 0 radical (unpaired) electrons. The van der Waals surface area contributed by atoms with Gasteiger partial charge in [0, 0.05) is 5.56 Å². The molecule has 0 fully saturated rings. The van der Waals surface area contributed by atoms with Crippen molar-refractivity contribution < 1.29 is 18.4 Å². The van der Waals surface area contributed by atoms with E-state index >= 15 is 0 Å². The van der Waals surface area contributed by atoms with E-state index in [0.717, 1.165) is 16.7 Å². The fraction of sp³-hybridized carbons (Fsp3) is 0.130. The van der Waals surface area contributed by atoms with Gasteiger partial charge in [0.2, 0.25) is 16.9 Å². The lowest BCUT2D eigenvalue weighted by molar-refractivity contribution is 0.0698. The normalized spacial score (nSPS) is 11.0. The Hall–Kier alpha value is -3.60. The third kappa shape index (κ3) is 3.11. The Kier molecular flexibility index (Phi) is 4.35. The highest BCUT2D eigenvalue weighted by Gasteiger charge is 2.23. The van der Waals surface area contributed by atoms with Gasteiger partial charge in [-0.1, -0.05) is 35.9 Å². The number of hydrogen-bond acceptors (Lipinski definition) is 5. The van der Waals surface area contributed by atoms with Gasteiger partial charge < -0.3 is 13.6 Å². The zero-order valence-electron chi connectivity index (χ0n) is 15.7. The number of benzene rings is 2. The van der Waals surface area contributed by atoms with E-state index in [4.69, 9.17) is 13.6 Å². The predicted octanol–water partition coefficient (Wildman–Crippen LogP) is 5.20. The van der Waals surface area contributed by atoms with E-state index in [2.05, 4.69) is 0 Å². The van der Waals surface area contributed by atoms with Crippen LogP contribution in [0.15, 0.2) is 68.4 Å². The quantitative estimate of drug-likeness (QED) is 0.461. The van der Waals surface area contributed by atoms with Crippen molar-refractivity contribution in [2.45, 2.75) is 20.8 Å². The molecule has 0 N–H and O–H groups in total. The Balaban J connectivity index is 1.97. The number of carbonyl (C=O) groups is 1. The zero-order chi connectivity index (χ0) is 19.8. The van der Waals surface area contributed by atoms with Gasteiger partial charge in [0.05, 0.1) is 11.6 Å². The summed E-state index contributed by atoms with van der Waals surface area (Å²) in [6.07, 6.45) is 1.37.